The van der Waals surface area contributed by atoms with Crippen LogP contribution in [0.3, 0.4) is 0 Å². The number of carbonyl (C=O) groups is 2. The van der Waals surface area contributed by atoms with Crippen molar-refractivity contribution in [1.29, 1.82) is 0 Å². The first-order chi connectivity index (χ1) is 12.0. The Labute approximate surface area is 153 Å². The van der Waals surface area contributed by atoms with E-state index < -0.39 is 5.97 Å². The van der Waals surface area contributed by atoms with Gasteiger partial charge in [0, 0.05) is 16.4 Å². The third-order valence-electron chi connectivity index (χ3n) is 4.22. The van der Waals surface area contributed by atoms with Crippen LogP contribution in [0, 0.1) is 12.8 Å². The van der Waals surface area contributed by atoms with E-state index in [2.05, 4.69) is 5.32 Å². The number of thiophene rings is 1. The standard InChI is InChI=1S/C20H25NO3S/c1-5-14(6-2)18(22)21-19-17(20(23)24-7-3)16(13(4)25-19)15-11-9-8-10-12-15/h8-12,14H,5-7H2,1-4H3,(H,21,22). The summed E-state index contributed by atoms with van der Waals surface area (Å²) in [5.41, 5.74) is 2.24. The molecule has 134 valence electrons. The Bertz CT molecular complexity index is 733. The van der Waals surface area contributed by atoms with Crippen molar-refractivity contribution in [2.75, 3.05) is 11.9 Å². The molecule has 0 aliphatic heterocycles. The summed E-state index contributed by atoms with van der Waals surface area (Å²) < 4.78 is 5.26. The minimum Gasteiger partial charge on any atom is -0.462 e. The average molecular weight is 359 g/mol. The molecule has 1 aromatic heterocycles. The van der Waals surface area contributed by atoms with E-state index in [1.807, 2.05) is 51.1 Å². The van der Waals surface area contributed by atoms with Crippen molar-refractivity contribution in [3.8, 4) is 11.1 Å². The highest BCUT2D eigenvalue weighted by Crippen LogP contribution is 2.40. The SMILES string of the molecule is CCOC(=O)c1c(NC(=O)C(CC)CC)sc(C)c1-c1ccccc1. The minimum atomic E-state index is -0.398. The molecule has 4 nitrogen and oxygen atoms in total. The lowest BCUT2D eigenvalue weighted by Crippen LogP contribution is -2.22. The Kier molecular flexibility index (Phi) is 6.76. The van der Waals surface area contributed by atoms with Crippen LogP contribution in [-0.2, 0) is 9.53 Å². The zero-order valence-corrected chi connectivity index (χ0v) is 16.0. The lowest BCUT2D eigenvalue weighted by Gasteiger charge is -2.13. The fourth-order valence-corrected chi connectivity index (χ4v) is 3.92. The highest BCUT2D eigenvalue weighted by molar-refractivity contribution is 7.17. The van der Waals surface area contributed by atoms with Gasteiger partial charge in [-0.1, -0.05) is 44.2 Å². The fraction of sp³-hybridized carbons (Fsp3) is 0.400. The number of aryl methyl sites for hydroxylation is 1. The number of anilines is 1. The Morgan fingerprint density at radius 2 is 1.76 bits per heavy atom. The molecular weight excluding hydrogens is 334 g/mol. The van der Waals surface area contributed by atoms with Gasteiger partial charge in [0.2, 0.25) is 5.91 Å². The van der Waals surface area contributed by atoms with Crippen LogP contribution in [0.25, 0.3) is 11.1 Å². The summed E-state index contributed by atoms with van der Waals surface area (Å²) in [7, 11) is 0. The van der Waals surface area contributed by atoms with Crippen LogP contribution in [0.2, 0.25) is 0 Å². The van der Waals surface area contributed by atoms with Gasteiger partial charge in [-0.05, 0) is 32.3 Å². The monoisotopic (exact) mass is 359 g/mol. The molecular formula is C20H25NO3S. The number of benzene rings is 1. The van der Waals surface area contributed by atoms with E-state index >= 15 is 0 Å². The normalized spacial score (nSPS) is 10.8. The number of ether oxygens (including phenoxy) is 1. The molecule has 2 aromatic rings. The molecule has 0 saturated heterocycles. The molecule has 0 spiro atoms. The molecule has 0 saturated carbocycles. The van der Waals surface area contributed by atoms with Gasteiger partial charge in [-0.25, -0.2) is 4.79 Å². The third kappa shape index (κ3) is 4.28. The van der Waals surface area contributed by atoms with Crippen molar-refractivity contribution in [3.63, 3.8) is 0 Å². The van der Waals surface area contributed by atoms with Crippen LogP contribution in [0.1, 0.15) is 48.8 Å². The first kappa shape index (κ1) is 19.2. The number of esters is 1. The first-order valence-electron chi connectivity index (χ1n) is 8.70. The van der Waals surface area contributed by atoms with E-state index in [1.165, 1.54) is 11.3 Å². The van der Waals surface area contributed by atoms with Gasteiger partial charge in [0.15, 0.2) is 0 Å². The highest BCUT2D eigenvalue weighted by atomic mass is 32.1. The molecule has 1 amide bonds. The zero-order chi connectivity index (χ0) is 18.4. The average Bonchev–Trinajstić information content (AvgIpc) is 2.93. The first-order valence-corrected chi connectivity index (χ1v) is 9.51. The number of amides is 1. The topological polar surface area (TPSA) is 55.4 Å². The molecule has 0 aliphatic carbocycles. The number of hydrogen-bond acceptors (Lipinski definition) is 4. The smallest absolute Gasteiger partial charge is 0.341 e. The Hall–Kier alpha value is -2.14. The molecule has 0 bridgehead atoms. The summed E-state index contributed by atoms with van der Waals surface area (Å²) in [6, 6.07) is 9.73. The Balaban J connectivity index is 2.50. The van der Waals surface area contributed by atoms with Gasteiger partial charge < -0.3 is 10.1 Å². The molecule has 2 rings (SSSR count). The van der Waals surface area contributed by atoms with Crippen LogP contribution >= 0.6 is 11.3 Å². The molecule has 1 aromatic carbocycles. The van der Waals surface area contributed by atoms with Crippen molar-refractivity contribution in [3.05, 3.63) is 40.8 Å². The summed E-state index contributed by atoms with van der Waals surface area (Å²) in [6.07, 6.45) is 1.54. The Morgan fingerprint density at radius 1 is 1.12 bits per heavy atom. The quantitative estimate of drug-likeness (QED) is 0.685. The number of rotatable bonds is 7. The number of carbonyl (C=O) groups excluding carboxylic acids is 2. The molecule has 1 heterocycles. The maximum atomic E-state index is 12.6. The van der Waals surface area contributed by atoms with E-state index in [1.54, 1.807) is 6.92 Å². The summed E-state index contributed by atoms with van der Waals surface area (Å²) in [6.45, 7) is 8.02. The van der Waals surface area contributed by atoms with Gasteiger partial charge >= 0.3 is 5.97 Å². The molecule has 1 N–H and O–H groups in total. The zero-order valence-electron chi connectivity index (χ0n) is 15.2. The molecule has 0 radical (unpaired) electrons. The summed E-state index contributed by atoms with van der Waals surface area (Å²) in [5.74, 6) is -0.500. The number of nitrogens with one attached hydrogen (secondary N) is 1. The second-order valence-corrected chi connectivity index (χ2v) is 7.05. The minimum absolute atomic E-state index is 0.0450. The molecule has 25 heavy (non-hydrogen) atoms. The van der Waals surface area contributed by atoms with Gasteiger partial charge in [0.25, 0.3) is 0 Å². The van der Waals surface area contributed by atoms with Gasteiger partial charge in [-0.2, -0.15) is 0 Å². The van der Waals surface area contributed by atoms with Gasteiger partial charge in [-0.15, -0.1) is 11.3 Å². The van der Waals surface area contributed by atoms with Crippen LogP contribution in [0.5, 0.6) is 0 Å². The van der Waals surface area contributed by atoms with Crippen molar-refractivity contribution in [2.24, 2.45) is 5.92 Å². The molecule has 0 fully saturated rings. The fourth-order valence-electron chi connectivity index (χ4n) is 2.86. The highest BCUT2D eigenvalue weighted by Gasteiger charge is 2.26. The van der Waals surface area contributed by atoms with E-state index in [9.17, 15) is 9.59 Å². The maximum Gasteiger partial charge on any atom is 0.341 e. The van der Waals surface area contributed by atoms with Crippen molar-refractivity contribution >= 4 is 28.2 Å². The van der Waals surface area contributed by atoms with Crippen molar-refractivity contribution in [2.45, 2.75) is 40.5 Å². The van der Waals surface area contributed by atoms with E-state index in [4.69, 9.17) is 4.74 Å². The summed E-state index contributed by atoms with van der Waals surface area (Å²) >= 11 is 1.42. The second kappa shape index (κ2) is 8.81. The predicted octanol–water partition coefficient (Wildman–Crippen LogP) is 5.27. The van der Waals surface area contributed by atoms with Crippen molar-refractivity contribution < 1.29 is 14.3 Å². The van der Waals surface area contributed by atoms with Crippen molar-refractivity contribution in [1.82, 2.24) is 0 Å². The summed E-state index contributed by atoms with van der Waals surface area (Å²) in [5, 5.41) is 3.54. The van der Waals surface area contributed by atoms with Crippen LogP contribution in [0.15, 0.2) is 30.3 Å². The van der Waals surface area contributed by atoms with Gasteiger partial charge in [0.05, 0.1) is 6.61 Å². The second-order valence-electron chi connectivity index (χ2n) is 5.83. The van der Waals surface area contributed by atoms with E-state index in [0.717, 1.165) is 28.8 Å². The third-order valence-corrected chi connectivity index (χ3v) is 5.24. The largest absolute Gasteiger partial charge is 0.462 e. The van der Waals surface area contributed by atoms with Crippen LogP contribution < -0.4 is 5.32 Å². The lowest BCUT2D eigenvalue weighted by molar-refractivity contribution is -0.120. The van der Waals surface area contributed by atoms with E-state index in [-0.39, 0.29) is 11.8 Å². The number of hydrogen-bond donors (Lipinski definition) is 1. The van der Waals surface area contributed by atoms with E-state index in [0.29, 0.717) is 17.2 Å². The molecule has 0 aliphatic rings. The van der Waals surface area contributed by atoms with Gasteiger partial charge in [-0.3, -0.25) is 4.79 Å². The Morgan fingerprint density at radius 3 is 2.32 bits per heavy atom. The summed E-state index contributed by atoms with van der Waals surface area (Å²) in [4.78, 5) is 26.1. The molecule has 0 unspecified atom stereocenters. The molecule has 5 heteroatoms. The van der Waals surface area contributed by atoms with Gasteiger partial charge in [0.1, 0.15) is 10.6 Å². The molecule has 0 atom stereocenters. The van der Waals surface area contributed by atoms with Crippen LogP contribution in [0.4, 0.5) is 5.00 Å². The lowest BCUT2D eigenvalue weighted by atomic mass is 10.0. The maximum absolute atomic E-state index is 12.6. The van der Waals surface area contributed by atoms with Crippen LogP contribution in [-0.4, -0.2) is 18.5 Å². The predicted molar refractivity (Wildman–Crippen MR) is 103 cm³/mol.